The SMILES string of the molecule is CCc1ccc(NC(=O)C(C)(C)C(=O)Nc2cccc(NC(C)=O)c2)cc1. The number of nitrogens with one attached hydrogen (secondary N) is 3. The standard InChI is InChI=1S/C21H25N3O3/c1-5-15-9-11-16(12-10-15)23-19(26)21(3,4)20(27)24-18-8-6-7-17(13-18)22-14(2)25/h6-13H,5H2,1-4H3,(H,22,25)(H,23,26)(H,24,27). The van der Waals surface area contributed by atoms with Crippen molar-refractivity contribution in [3.63, 3.8) is 0 Å². The van der Waals surface area contributed by atoms with Gasteiger partial charge in [-0.1, -0.05) is 25.1 Å². The second-order valence-corrected chi connectivity index (χ2v) is 6.85. The molecule has 0 aliphatic rings. The van der Waals surface area contributed by atoms with Crippen LogP contribution in [0.2, 0.25) is 0 Å². The van der Waals surface area contributed by atoms with Gasteiger partial charge in [0.2, 0.25) is 17.7 Å². The number of carbonyl (C=O) groups excluding carboxylic acids is 3. The Labute approximate surface area is 159 Å². The summed E-state index contributed by atoms with van der Waals surface area (Å²) in [6.45, 7) is 6.60. The van der Waals surface area contributed by atoms with E-state index in [1.807, 2.05) is 24.3 Å². The lowest BCUT2D eigenvalue weighted by atomic mass is 9.90. The fourth-order valence-electron chi connectivity index (χ4n) is 2.38. The molecule has 0 bridgehead atoms. The van der Waals surface area contributed by atoms with Gasteiger partial charge in [0.05, 0.1) is 0 Å². The maximum absolute atomic E-state index is 12.6. The lowest BCUT2D eigenvalue weighted by molar-refractivity contribution is -0.135. The van der Waals surface area contributed by atoms with E-state index in [0.717, 1.165) is 6.42 Å². The maximum atomic E-state index is 12.6. The van der Waals surface area contributed by atoms with Gasteiger partial charge in [-0.3, -0.25) is 14.4 Å². The van der Waals surface area contributed by atoms with Crippen molar-refractivity contribution in [2.45, 2.75) is 34.1 Å². The van der Waals surface area contributed by atoms with E-state index in [4.69, 9.17) is 0 Å². The highest BCUT2D eigenvalue weighted by Gasteiger charge is 2.36. The Bertz CT molecular complexity index is 842. The topological polar surface area (TPSA) is 87.3 Å². The Morgan fingerprint density at radius 3 is 1.85 bits per heavy atom. The third kappa shape index (κ3) is 5.41. The van der Waals surface area contributed by atoms with Crippen LogP contribution in [-0.4, -0.2) is 17.7 Å². The van der Waals surface area contributed by atoms with Crippen LogP contribution in [0.1, 0.15) is 33.3 Å². The van der Waals surface area contributed by atoms with E-state index in [-0.39, 0.29) is 5.91 Å². The first-order chi connectivity index (χ1) is 12.7. The Balaban J connectivity index is 2.06. The molecule has 0 atom stereocenters. The fourth-order valence-corrected chi connectivity index (χ4v) is 2.38. The molecule has 0 unspecified atom stereocenters. The van der Waals surface area contributed by atoms with Crippen LogP contribution in [0, 0.1) is 5.41 Å². The summed E-state index contributed by atoms with van der Waals surface area (Å²) in [4.78, 5) is 36.4. The van der Waals surface area contributed by atoms with E-state index < -0.39 is 17.2 Å². The van der Waals surface area contributed by atoms with E-state index in [9.17, 15) is 14.4 Å². The van der Waals surface area contributed by atoms with Crippen LogP contribution in [0.15, 0.2) is 48.5 Å². The average Bonchev–Trinajstić information content (AvgIpc) is 2.62. The summed E-state index contributed by atoms with van der Waals surface area (Å²) in [6, 6.07) is 14.3. The van der Waals surface area contributed by atoms with Gasteiger partial charge in [0.15, 0.2) is 0 Å². The summed E-state index contributed by atoms with van der Waals surface area (Å²) in [6.07, 6.45) is 0.916. The summed E-state index contributed by atoms with van der Waals surface area (Å²) in [5.41, 5.74) is 1.60. The largest absolute Gasteiger partial charge is 0.326 e. The van der Waals surface area contributed by atoms with Crippen molar-refractivity contribution < 1.29 is 14.4 Å². The van der Waals surface area contributed by atoms with Crippen LogP contribution < -0.4 is 16.0 Å². The monoisotopic (exact) mass is 367 g/mol. The molecule has 0 fully saturated rings. The smallest absolute Gasteiger partial charge is 0.239 e. The number of hydrogen-bond donors (Lipinski definition) is 3. The summed E-state index contributed by atoms with van der Waals surface area (Å²) >= 11 is 0. The van der Waals surface area contributed by atoms with Crippen LogP contribution in [0.4, 0.5) is 17.1 Å². The highest BCUT2D eigenvalue weighted by Crippen LogP contribution is 2.23. The zero-order chi connectivity index (χ0) is 20.0. The Kier molecular flexibility index (Phi) is 6.34. The van der Waals surface area contributed by atoms with E-state index >= 15 is 0 Å². The van der Waals surface area contributed by atoms with Gasteiger partial charge in [-0.25, -0.2) is 0 Å². The van der Waals surface area contributed by atoms with E-state index in [2.05, 4.69) is 22.9 Å². The lowest BCUT2D eigenvalue weighted by Crippen LogP contribution is -2.41. The quantitative estimate of drug-likeness (QED) is 0.679. The van der Waals surface area contributed by atoms with Gasteiger partial charge in [0.1, 0.15) is 5.41 Å². The van der Waals surface area contributed by atoms with Crippen LogP contribution >= 0.6 is 0 Å². The van der Waals surface area contributed by atoms with Gasteiger partial charge < -0.3 is 16.0 Å². The fraction of sp³-hybridized carbons (Fsp3) is 0.286. The lowest BCUT2D eigenvalue weighted by Gasteiger charge is -2.23. The Morgan fingerprint density at radius 1 is 0.815 bits per heavy atom. The highest BCUT2D eigenvalue weighted by molar-refractivity contribution is 6.14. The van der Waals surface area contributed by atoms with Gasteiger partial charge in [-0.2, -0.15) is 0 Å². The Hall–Kier alpha value is -3.15. The highest BCUT2D eigenvalue weighted by atomic mass is 16.2. The van der Waals surface area contributed by atoms with Crippen LogP contribution in [0.3, 0.4) is 0 Å². The molecule has 0 spiro atoms. The molecule has 0 radical (unpaired) electrons. The van der Waals surface area contributed by atoms with Gasteiger partial charge in [0, 0.05) is 24.0 Å². The van der Waals surface area contributed by atoms with Crippen LogP contribution in [-0.2, 0) is 20.8 Å². The molecule has 0 aliphatic carbocycles. The van der Waals surface area contributed by atoms with Crippen molar-refractivity contribution in [3.05, 3.63) is 54.1 Å². The number of amides is 3. The predicted molar refractivity (Wildman–Crippen MR) is 108 cm³/mol. The number of anilines is 3. The van der Waals surface area contributed by atoms with Gasteiger partial charge in [-0.15, -0.1) is 0 Å². The number of aryl methyl sites for hydroxylation is 1. The first kappa shape index (κ1) is 20.2. The summed E-state index contributed by atoms with van der Waals surface area (Å²) in [5.74, 6) is -1.04. The van der Waals surface area contributed by atoms with Crippen molar-refractivity contribution in [2.75, 3.05) is 16.0 Å². The molecule has 2 rings (SSSR count). The molecule has 27 heavy (non-hydrogen) atoms. The maximum Gasteiger partial charge on any atom is 0.239 e. The van der Waals surface area contributed by atoms with Crippen molar-refractivity contribution in [1.82, 2.24) is 0 Å². The predicted octanol–water partition coefficient (Wildman–Crippen LogP) is 3.81. The van der Waals surface area contributed by atoms with E-state index in [1.54, 1.807) is 38.1 Å². The number of carbonyl (C=O) groups is 3. The molecule has 6 nitrogen and oxygen atoms in total. The molecular formula is C21H25N3O3. The van der Waals surface area contributed by atoms with Crippen molar-refractivity contribution in [3.8, 4) is 0 Å². The Morgan fingerprint density at radius 2 is 1.33 bits per heavy atom. The van der Waals surface area contributed by atoms with Crippen LogP contribution in [0.5, 0.6) is 0 Å². The summed E-state index contributed by atoms with van der Waals surface area (Å²) < 4.78 is 0. The van der Waals surface area contributed by atoms with Crippen LogP contribution in [0.25, 0.3) is 0 Å². The second-order valence-electron chi connectivity index (χ2n) is 6.85. The molecule has 3 N–H and O–H groups in total. The summed E-state index contributed by atoms with van der Waals surface area (Å²) in [5, 5.41) is 8.16. The molecule has 0 aliphatic heterocycles. The van der Waals surface area contributed by atoms with E-state index in [0.29, 0.717) is 17.1 Å². The second kappa shape index (κ2) is 8.49. The molecule has 0 saturated carbocycles. The molecule has 0 saturated heterocycles. The van der Waals surface area contributed by atoms with Gasteiger partial charge in [-0.05, 0) is 56.2 Å². The zero-order valence-corrected chi connectivity index (χ0v) is 16.1. The van der Waals surface area contributed by atoms with Crippen molar-refractivity contribution in [2.24, 2.45) is 5.41 Å². The van der Waals surface area contributed by atoms with Crippen molar-refractivity contribution in [1.29, 1.82) is 0 Å². The third-order valence-corrected chi connectivity index (χ3v) is 4.20. The minimum absolute atomic E-state index is 0.202. The number of benzene rings is 2. The average molecular weight is 367 g/mol. The minimum Gasteiger partial charge on any atom is -0.326 e. The molecular weight excluding hydrogens is 342 g/mol. The van der Waals surface area contributed by atoms with Crippen molar-refractivity contribution >= 4 is 34.8 Å². The summed E-state index contributed by atoms with van der Waals surface area (Å²) in [7, 11) is 0. The normalized spacial score (nSPS) is 10.8. The first-order valence-corrected chi connectivity index (χ1v) is 8.82. The number of rotatable bonds is 6. The zero-order valence-electron chi connectivity index (χ0n) is 16.1. The minimum atomic E-state index is -1.28. The molecule has 0 aromatic heterocycles. The number of hydrogen-bond acceptors (Lipinski definition) is 3. The molecule has 0 heterocycles. The molecule has 3 amide bonds. The molecule has 2 aromatic rings. The van der Waals surface area contributed by atoms with Gasteiger partial charge >= 0.3 is 0 Å². The molecule has 2 aromatic carbocycles. The molecule has 6 heteroatoms. The molecule has 142 valence electrons. The van der Waals surface area contributed by atoms with E-state index in [1.165, 1.54) is 12.5 Å². The van der Waals surface area contributed by atoms with Gasteiger partial charge in [0.25, 0.3) is 0 Å². The third-order valence-electron chi connectivity index (χ3n) is 4.20. The first-order valence-electron chi connectivity index (χ1n) is 8.82.